The zero-order valence-electron chi connectivity index (χ0n) is 19.2. The lowest BCUT2D eigenvalue weighted by Gasteiger charge is -2.23. The van der Waals surface area contributed by atoms with E-state index in [1.165, 1.54) is 19.3 Å². The van der Waals surface area contributed by atoms with Crippen LogP contribution in [0.5, 0.6) is 5.75 Å². The van der Waals surface area contributed by atoms with Gasteiger partial charge in [0.2, 0.25) is 5.95 Å². The van der Waals surface area contributed by atoms with Gasteiger partial charge in [-0.1, -0.05) is 38.0 Å². The molecule has 0 unspecified atom stereocenters. The van der Waals surface area contributed by atoms with Crippen LogP contribution in [0.3, 0.4) is 0 Å². The SMILES string of the molecule is CCCc1ccccc1Nc1nc(Nc2ccc(OC3CCCCC3)cc2)ncc1C(F)(F)F. The molecule has 2 N–H and O–H groups in total. The van der Waals surface area contributed by atoms with Crippen LogP contribution >= 0.6 is 0 Å². The Bertz CT molecular complexity index is 1080. The molecule has 0 spiro atoms. The fourth-order valence-electron chi connectivity index (χ4n) is 4.12. The smallest absolute Gasteiger partial charge is 0.421 e. The van der Waals surface area contributed by atoms with Gasteiger partial charge in [-0.2, -0.15) is 18.2 Å². The summed E-state index contributed by atoms with van der Waals surface area (Å²) < 4.78 is 47.0. The van der Waals surface area contributed by atoms with Gasteiger partial charge in [0.1, 0.15) is 17.1 Å². The molecule has 2 aromatic carbocycles. The van der Waals surface area contributed by atoms with Crippen molar-refractivity contribution in [3.8, 4) is 5.75 Å². The zero-order valence-corrected chi connectivity index (χ0v) is 19.2. The van der Waals surface area contributed by atoms with Crippen LogP contribution in [0, 0.1) is 0 Å². The summed E-state index contributed by atoms with van der Waals surface area (Å²) in [5.74, 6) is 0.566. The molecule has 1 heterocycles. The molecule has 0 amide bonds. The molecular weight excluding hydrogens is 441 g/mol. The molecule has 1 aliphatic rings. The molecular formula is C26H29F3N4O. The van der Waals surface area contributed by atoms with Crippen LogP contribution in [0.25, 0.3) is 0 Å². The lowest BCUT2D eigenvalue weighted by atomic mass is 9.98. The fraction of sp³-hybridized carbons (Fsp3) is 0.385. The average molecular weight is 471 g/mol. The van der Waals surface area contributed by atoms with Gasteiger partial charge in [0.25, 0.3) is 0 Å². The Morgan fingerprint density at radius 2 is 1.71 bits per heavy atom. The number of hydrogen-bond donors (Lipinski definition) is 2. The first kappa shape index (κ1) is 23.9. The number of ether oxygens (including phenoxy) is 1. The van der Waals surface area contributed by atoms with Gasteiger partial charge in [0.15, 0.2) is 0 Å². The quantitative estimate of drug-likeness (QED) is 0.354. The van der Waals surface area contributed by atoms with Crippen molar-refractivity contribution in [2.45, 2.75) is 64.1 Å². The third-order valence-electron chi connectivity index (χ3n) is 5.85. The van der Waals surface area contributed by atoms with E-state index < -0.39 is 11.7 Å². The van der Waals surface area contributed by atoms with E-state index >= 15 is 0 Å². The number of aromatic nitrogens is 2. The summed E-state index contributed by atoms with van der Waals surface area (Å²) in [5, 5.41) is 5.88. The molecule has 0 saturated heterocycles. The summed E-state index contributed by atoms with van der Waals surface area (Å²) >= 11 is 0. The second kappa shape index (κ2) is 10.8. The van der Waals surface area contributed by atoms with Gasteiger partial charge in [0, 0.05) is 17.6 Å². The predicted octanol–water partition coefficient (Wildman–Crippen LogP) is 7.65. The largest absolute Gasteiger partial charge is 0.490 e. The van der Waals surface area contributed by atoms with E-state index in [1.807, 2.05) is 43.3 Å². The molecule has 1 saturated carbocycles. The number of halogens is 3. The fourth-order valence-corrected chi connectivity index (χ4v) is 4.12. The van der Waals surface area contributed by atoms with E-state index in [1.54, 1.807) is 12.1 Å². The van der Waals surface area contributed by atoms with Crippen molar-refractivity contribution >= 4 is 23.1 Å². The Balaban J connectivity index is 1.52. The first-order chi connectivity index (χ1) is 16.4. The number of nitrogens with zero attached hydrogens (tertiary/aromatic N) is 2. The summed E-state index contributed by atoms with van der Waals surface area (Å²) in [6.07, 6.45) is 3.86. The van der Waals surface area contributed by atoms with Crippen molar-refractivity contribution in [1.29, 1.82) is 0 Å². The molecule has 34 heavy (non-hydrogen) atoms. The monoisotopic (exact) mass is 470 g/mol. The van der Waals surface area contributed by atoms with Crippen LogP contribution in [0.15, 0.2) is 54.7 Å². The van der Waals surface area contributed by atoms with E-state index in [0.29, 0.717) is 11.4 Å². The van der Waals surface area contributed by atoms with E-state index in [9.17, 15) is 13.2 Å². The summed E-state index contributed by atoms with van der Waals surface area (Å²) in [7, 11) is 0. The highest BCUT2D eigenvalue weighted by Crippen LogP contribution is 2.36. The molecule has 180 valence electrons. The highest BCUT2D eigenvalue weighted by molar-refractivity contribution is 5.65. The van der Waals surface area contributed by atoms with Crippen molar-refractivity contribution in [1.82, 2.24) is 9.97 Å². The number of benzene rings is 2. The Morgan fingerprint density at radius 3 is 2.41 bits per heavy atom. The van der Waals surface area contributed by atoms with Gasteiger partial charge in [-0.05, 0) is 68.0 Å². The summed E-state index contributed by atoms with van der Waals surface area (Å²) in [6, 6.07) is 14.6. The predicted molar refractivity (Wildman–Crippen MR) is 128 cm³/mol. The minimum absolute atomic E-state index is 0.0735. The Hall–Kier alpha value is -3.29. The summed E-state index contributed by atoms with van der Waals surface area (Å²) in [6.45, 7) is 2.02. The van der Waals surface area contributed by atoms with Gasteiger partial charge in [0.05, 0.1) is 6.10 Å². The van der Waals surface area contributed by atoms with Crippen molar-refractivity contribution in [3.05, 3.63) is 65.9 Å². The van der Waals surface area contributed by atoms with Crippen molar-refractivity contribution in [3.63, 3.8) is 0 Å². The standard InChI is InChI=1S/C26H29F3N4O/c1-2-8-18-9-6-7-12-23(18)32-24-22(26(27,28)29)17-30-25(33-24)31-19-13-15-21(16-14-19)34-20-10-4-3-5-11-20/h6-7,9,12-17,20H,2-5,8,10-11H2,1H3,(H2,30,31,32,33). The molecule has 0 bridgehead atoms. The van der Waals surface area contributed by atoms with Crippen molar-refractivity contribution < 1.29 is 17.9 Å². The molecule has 0 aliphatic heterocycles. The molecule has 8 heteroatoms. The molecule has 1 fully saturated rings. The van der Waals surface area contributed by atoms with Crippen molar-refractivity contribution in [2.75, 3.05) is 10.6 Å². The van der Waals surface area contributed by atoms with E-state index in [0.717, 1.165) is 43.2 Å². The maximum atomic E-state index is 13.6. The van der Waals surface area contributed by atoms with Gasteiger partial charge in [-0.3, -0.25) is 0 Å². The van der Waals surface area contributed by atoms with Crippen LogP contribution in [-0.2, 0) is 12.6 Å². The number of rotatable bonds is 8. The second-order valence-corrected chi connectivity index (χ2v) is 8.51. The molecule has 0 radical (unpaired) electrons. The maximum Gasteiger partial charge on any atom is 0.421 e. The van der Waals surface area contributed by atoms with Gasteiger partial charge >= 0.3 is 6.18 Å². The molecule has 1 aromatic heterocycles. The Morgan fingerprint density at radius 1 is 0.971 bits per heavy atom. The average Bonchev–Trinajstić information content (AvgIpc) is 2.82. The van der Waals surface area contributed by atoms with Crippen LogP contribution in [0.2, 0.25) is 0 Å². The van der Waals surface area contributed by atoms with Gasteiger partial charge in [-0.15, -0.1) is 0 Å². The molecule has 0 atom stereocenters. The first-order valence-electron chi connectivity index (χ1n) is 11.8. The van der Waals surface area contributed by atoms with Crippen LogP contribution in [-0.4, -0.2) is 16.1 Å². The van der Waals surface area contributed by atoms with Crippen LogP contribution in [0.4, 0.5) is 36.3 Å². The summed E-state index contributed by atoms with van der Waals surface area (Å²) in [4.78, 5) is 8.07. The molecule has 5 nitrogen and oxygen atoms in total. The number of alkyl halides is 3. The Kier molecular flexibility index (Phi) is 7.55. The maximum absolute atomic E-state index is 13.6. The number of nitrogens with one attached hydrogen (secondary N) is 2. The zero-order chi connectivity index (χ0) is 24.0. The summed E-state index contributed by atoms with van der Waals surface area (Å²) in [5.41, 5.74) is 1.28. The van der Waals surface area contributed by atoms with Gasteiger partial charge < -0.3 is 15.4 Å². The molecule has 4 rings (SSSR count). The lowest BCUT2D eigenvalue weighted by molar-refractivity contribution is -0.137. The number of aryl methyl sites for hydroxylation is 1. The highest BCUT2D eigenvalue weighted by Gasteiger charge is 2.35. The second-order valence-electron chi connectivity index (χ2n) is 8.51. The van der Waals surface area contributed by atoms with E-state index in [4.69, 9.17) is 4.74 Å². The molecule has 1 aliphatic carbocycles. The van der Waals surface area contributed by atoms with Gasteiger partial charge in [-0.25, -0.2) is 4.98 Å². The minimum Gasteiger partial charge on any atom is -0.490 e. The number of para-hydroxylation sites is 1. The number of hydrogen-bond acceptors (Lipinski definition) is 5. The van der Waals surface area contributed by atoms with Crippen molar-refractivity contribution in [2.24, 2.45) is 0 Å². The van der Waals surface area contributed by atoms with E-state index in [2.05, 4.69) is 20.6 Å². The topological polar surface area (TPSA) is 59.1 Å². The normalized spacial score (nSPS) is 14.6. The Labute approximate surface area is 197 Å². The molecule has 3 aromatic rings. The first-order valence-corrected chi connectivity index (χ1v) is 11.8. The van der Waals surface area contributed by atoms with Crippen LogP contribution in [0.1, 0.15) is 56.6 Å². The highest BCUT2D eigenvalue weighted by atomic mass is 19.4. The number of anilines is 4. The van der Waals surface area contributed by atoms with E-state index in [-0.39, 0.29) is 17.9 Å². The lowest BCUT2D eigenvalue weighted by Crippen LogP contribution is -2.19. The third-order valence-corrected chi connectivity index (χ3v) is 5.85. The third kappa shape index (κ3) is 6.18. The minimum atomic E-state index is -4.58. The van der Waals surface area contributed by atoms with Crippen LogP contribution < -0.4 is 15.4 Å².